The van der Waals surface area contributed by atoms with Gasteiger partial charge in [-0.1, -0.05) is 12.1 Å². The first-order valence-electron chi connectivity index (χ1n) is 10.2. The number of ether oxygens (including phenoxy) is 2. The first-order chi connectivity index (χ1) is 14.2. The summed E-state index contributed by atoms with van der Waals surface area (Å²) in [5, 5.41) is 0. The van der Waals surface area contributed by atoms with E-state index in [9.17, 15) is 4.79 Å². The van der Waals surface area contributed by atoms with Crippen molar-refractivity contribution in [2.24, 2.45) is 5.92 Å². The molecule has 0 N–H and O–H groups in total. The summed E-state index contributed by atoms with van der Waals surface area (Å²) in [7, 11) is 1.67. The number of imidazole rings is 1. The van der Waals surface area contributed by atoms with Crippen LogP contribution in [0.3, 0.4) is 0 Å². The second-order valence-corrected chi connectivity index (χ2v) is 7.38. The molecule has 6 nitrogen and oxygen atoms in total. The molecule has 2 heterocycles. The summed E-state index contributed by atoms with van der Waals surface area (Å²) in [6.45, 7) is 4.65. The number of aromatic nitrogens is 2. The van der Waals surface area contributed by atoms with E-state index in [-0.39, 0.29) is 11.9 Å². The van der Waals surface area contributed by atoms with Gasteiger partial charge in [0.05, 0.1) is 37.2 Å². The van der Waals surface area contributed by atoms with Gasteiger partial charge in [0.15, 0.2) is 0 Å². The van der Waals surface area contributed by atoms with Crippen LogP contribution in [0.4, 0.5) is 0 Å². The lowest BCUT2D eigenvalue weighted by molar-refractivity contribution is -0.150. The van der Waals surface area contributed by atoms with Crippen molar-refractivity contribution in [1.82, 2.24) is 14.5 Å². The lowest BCUT2D eigenvalue weighted by atomic mass is 9.98. The maximum absolute atomic E-state index is 12.2. The van der Waals surface area contributed by atoms with Crippen LogP contribution in [0.5, 0.6) is 5.75 Å². The van der Waals surface area contributed by atoms with Gasteiger partial charge in [0.25, 0.3) is 0 Å². The molecular formula is C23H27N3O3. The molecule has 1 saturated heterocycles. The molecule has 1 atom stereocenters. The van der Waals surface area contributed by atoms with Gasteiger partial charge in [-0.2, -0.15) is 0 Å². The number of esters is 1. The Morgan fingerprint density at radius 2 is 1.97 bits per heavy atom. The van der Waals surface area contributed by atoms with E-state index in [4.69, 9.17) is 14.5 Å². The quantitative estimate of drug-likeness (QED) is 0.596. The third-order valence-electron chi connectivity index (χ3n) is 5.45. The molecule has 29 heavy (non-hydrogen) atoms. The van der Waals surface area contributed by atoms with E-state index in [0.29, 0.717) is 19.7 Å². The highest BCUT2D eigenvalue weighted by atomic mass is 16.5. The molecule has 1 aliphatic heterocycles. The van der Waals surface area contributed by atoms with Crippen LogP contribution in [0.15, 0.2) is 48.5 Å². The Kier molecular flexibility index (Phi) is 5.81. The monoisotopic (exact) mass is 393 g/mol. The molecular weight excluding hydrogens is 366 g/mol. The van der Waals surface area contributed by atoms with Crippen LogP contribution in [0, 0.1) is 5.92 Å². The molecule has 0 aliphatic carbocycles. The fourth-order valence-electron chi connectivity index (χ4n) is 4.05. The van der Waals surface area contributed by atoms with Crippen LogP contribution in [0.2, 0.25) is 0 Å². The maximum atomic E-state index is 12.2. The number of piperidine rings is 1. The molecule has 4 rings (SSSR count). The Morgan fingerprint density at radius 3 is 2.72 bits per heavy atom. The van der Waals surface area contributed by atoms with Crippen molar-refractivity contribution in [3.63, 3.8) is 0 Å². The van der Waals surface area contributed by atoms with Gasteiger partial charge in [-0.05, 0) is 62.7 Å². The highest BCUT2D eigenvalue weighted by Gasteiger charge is 2.28. The van der Waals surface area contributed by atoms with Crippen LogP contribution in [-0.4, -0.2) is 47.2 Å². The van der Waals surface area contributed by atoms with E-state index >= 15 is 0 Å². The van der Waals surface area contributed by atoms with Crippen molar-refractivity contribution < 1.29 is 14.3 Å². The normalized spacial score (nSPS) is 17.4. The molecule has 0 saturated carbocycles. The summed E-state index contributed by atoms with van der Waals surface area (Å²) < 4.78 is 12.7. The van der Waals surface area contributed by atoms with E-state index < -0.39 is 0 Å². The second kappa shape index (κ2) is 8.66. The molecule has 0 bridgehead atoms. The van der Waals surface area contributed by atoms with E-state index in [1.807, 2.05) is 49.4 Å². The second-order valence-electron chi connectivity index (χ2n) is 7.38. The number of para-hydroxylation sites is 2. The topological polar surface area (TPSA) is 56.6 Å². The molecule has 2 aromatic carbocycles. The van der Waals surface area contributed by atoms with Gasteiger partial charge in [0.2, 0.25) is 0 Å². The standard InChI is InChI=1S/C23H27N3O3/c1-3-29-23(27)17-7-6-14-25(15-17)16-22-24-20-8-4-5-9-21(20)26(22)18-10-12-19(28-2)13-11-18/h4-5,8-13,17H,3,6-7,14-16H2,1-2H3. The number of likely N-dealkylation sites (tertiary alicyclic amines) is 1. The molecule has 152 valence electrons. The third kappa shape index (κ3) is 4.12. The van der Waals surface area contributed by atoms with Crippen LogP contribution in [0.25, 0.3) is 16.7 Å². The zero-order chi connectivity index (χ0) is 20.2. The Labute approximate surface area is 171 Å². The minimum Gasteiger partial charge on any atom is -0.497 e. The zero-order valence-corrected chi connectivity index (χ0v) is 17.0. The first kappa shape index (κ1) is 19.5. The Morgan fingerprint density at radius 1 is 1.17 bits per heavy atom. The van der Waals surface area contributed by atoms with Gasteiger partial charge in [0.1, 0.15) is 11.6 Å². The van der Waals surface area contributed by atoms with Crippen molar-refractivity contribution in [1.29, 1.82) is 0 Å². The minimum absolute atomic E-state index is 0.0532. The number of fused-ring (bicyclic) bond motifs is 1. The predicted octanol–water partition coefficient (Wildman–Crippen LogP) is 3.81. The smallest absolute Gasteiger partial charge is 0.310 e. The van der Waals surface area contributed by atoms with Gasteiger partial charge in [-0.3, -0.25) is 14.3 Å². The fraction of sp³-hybridized carbons (Fsp3) is 0.391. The third-order valence-corrected chi connectivity index (χ3v) is 5.45. The maximum Gasteiger partial charge on any atom is 0.310 e. The molecule has 0 spiro atoms. The van der Waals surface area contributed by atoms with Crippen LogP contribution >= 0.6 is 0 Å². The number of methoxy groups -OCH3 is 1. The zero-order valence-electron chi connectivity index (χ0n) is 17.0. The average molecular weight is 393 g/mol. The summed E-state index contributed by atoms with van der Waals surface area (Å²) in [5.74, 6) is 1.66. The summed E-state index contributed by atoms with van der Waals surface area (Å²) in [6.07, 6.45) is 1.89. The van der Waals surface area contributed by atoms with Crippen molar-refractivity contribution in [2.45, 2.75) is 26.3 Å². The molecule has 1 aliphatic rings. The predicted molar refractivity (Wildman–Crippen MR) is 112 cm³/mol. The Bertz CT molecular complexity index is 981. The van der Waals surface area contributed by atoms with Gasteiger partial charge in [0, 0.05) is 12.2 Å². The van der Waals surface area contributed by atoms with Crippen molar-refractivity contribution in [3.05, 3.63) is 54.4 Å². The molecule has 0 radical (unpaired) electrons. The minimum atomic E-state index is -0.0825. The van der Waals surface area contributed by atoms with E-state index in [0.717, 1.165) is 47.7 Å². The lowest BCUT2D eigenvalue weighted by Crippen LogP contribution is -2.39. The summed E-state index contributed by atoms with van der Waals surface area (Å²) in [6, 6.07) is 16.2. The fourth-order valence-corrected chi connectivity index (χ4v) is 4.05. The summed E-state index contributed by atoms with van der Waals surface area (Å²) in [5.41, 5.74) is 3.09. The highest BCUT2D eigenvalue weighted by molar-refractivity contribution is 5.78. The first-order valence-corrected chi connectivity index (χ1v) is 10.2. The molecule has 1 aromatic heterocycles. The number of nitrogens with zero attached hydrogens (tertiary/aromatic N) is 3. The van der Waals surface area contributed by atoms with Gasteiger partial charge >= 0.3 is 5.97 Å². The number of carbonyl (C=O) groups is 1. The highest BCUT2D eigenvalue weighted by Crippen LogP contribution is 2.26. The van der Waals surface area contributed by atoms with Crippen LogP contribution in [0.1, 0.15) is 25.6 Å². The summed E-state index contributed by atoms with van der Waals surface area (Å²) in [4.78, 5) is 19.4. The molecule has 3 aromatic rings. The van der Waals surface area contributed by atoms with E-state index in [2.05, 4.69) is 15.5 Å². The summed E-state index contributed by atoms with van der Waals surface area (Å²) >= 11 is 0. The SMILES string of the molecule is CCOC(=O)C1CCCN(Cc2nc3ccccc3n2-c2ccc(OC)cc2)C1. The Hall–Kier alpha value is -2.86. The molecule has 6 heteroatoms. The van der Waals surface area contributed by atoms with Gasteiger partial charge in [-0.15, -0.1) is 0 Å². The van der Waals surface area contributed by atoms with E-state index in [1.165, 1.54) is 0 Å². The van der Waals surface area contributed by atoms with Gasteiger partial charge in [-0.25, -0.2) is 4.98 Å². The van der Waals surface area contributed by atoms with Crippen LogP contribution < -0.4 is 4.74 Å². The molecule has 1 unspecified atom stereocenters. The van der Waals surface area contributed by atoms with Crippen LogP contribution in [-0.2, 0) is 16.1 Å². The number of carbonyl (C=O) groups excluding carboxylic acids is 1. The number of hydrogen-bond acceptors (Lipinski definition) is 5. The number of hydrogen-bond donors (Lipinski definition) is 0. The number of rotatable bonds is 6. The number of benzene rings is 2. The van der Waals surface area contributed by atoms with Crippen molar-refractivity contribution >= 4 is 17.0 Å². The largest absolute Gasteiger partial charge is 0.497 e. The van der Waals surface area contributed by atoms with Gasteiger partial charge < -0.3 is 9.47 Å². The lowest BCUT2D eigenvalue weighted by Gasteiger charge is -2.31. The van der Waals surface area contributed by atoms with Crippen molar-refractivity contribution in [2.75, 3.05) is 26.8 Å². The van der Waals surface area contributed by atoms with Crippen molar-refractivity contribution in [3.8, 4) is 11.4 Å². The molecule has 1 fully saturated rings. The molecule has 0 amide bonds. The average Bonchev–Trinajstić information content (AvgIpc) is 3.12. The van der Waals surface area contributed by atoms with E-state index in [1.54, 1.807) is 7.11 Å². The Balaban J connectivity index is 1.64.